The number of ether oxygens (including phenoxy) is 6. The topological polar surface area (TPSA) is 89.5 Å². The Morgan fingerprint density at radius 3 is 1.18 bits per heavy atom. The van der Waals surface area contributed by atoms with Gasteiger partial charge in [-0.25, -0.2) is 8.42 Å². The van der Waals surface area contributed by atoms with E-state index in [1.807, 2.05) is 64.1 Å². The summed E-state index contributed by atoms with van der Waals surface area (Å²) in [5.74, 6) is 3.81. The van der Waals surface area contributed by atoms with Crippen LogP contribution in [0.1, 0.15) is 60.4 Å². The van der Waals surface area contributed by atoms with Gasteiger partial charge in [-0.15, -0.1) is 0 Å². The Labute approximate surface area is 290 Å². The number of methoxy groups -OCH3 is 2. The molecule has 0 N–H and O–H groups in total. The molecule has 49 heavy (non-hydrogen) atoms. The molecule has 9 heteroatoms. The van der Waals surface area contributed by atoms with E-state index in [1.165, 1.54) is 0 Å². The van der Waals surface area contributed by atoms with Crippen LogP contribution in [0, 0.1) is 0 Å². The van der Waals surface area contributed by atoms with Crippen molar-refractivity contribution in [2.24, 2.45) is 0 Å². The second-order valence-electron chi connectivity index (χ2n) is 10.8. The molecule has 4 rings (SSSR count). The van der Waals surface area contributed by atoms with E-state index in [0.717, 1.165) is 0 Å². The second kappa shape index (κ2) is 18.0. The SMILES string of the molecule is CCOc1ccc(OCC)c(/C=C/C(c2ccc(OC)cc2)S(=O)(=O)C(/C=C/c2cc(OCC)ccc2OCC)c2ccc(OC)cc2)c1. The highest BCUT2D eigenvalue weighted by atomic mass is 32.2. The maximum atomic E-state index is 15.1. The van der Waals surface area contributed by atoms with Gasteiger partial charge in [-0.05, 0) is 99.5 Å². The summed E-state index contributed by atoms with van der Waals surface area (Å²) in [6, 6.07) is 25.2. The minimum Gasteiger partial charge on any atom is -0.497 e. The van der Waals surface area contributed by atoms with Gasteiger partial charge in [0.25, 0.3) is 0 Å². The molecule has 0 saturated carbocycles. The fraction of sp³-hybridized carbons (Fsp3) is 0.300. The summed E-state index contributed by atoms with van der Waals surface area (Å²) in [4.78, 5) is 0. The van der Waals surface area contributed by atoms with Gasteiger partial charge in [-0.3, -0.25) is 0 Å². The lowest BCUT2D eigenvalue weighted by Gasteiger charge is -2.22. The second-order valence-corrected chi connectivity index (χ2v) is 13.0. The van der Waals surface area contributed by atoms with Crippen LogP contribution >= 0.6 is 0 Å². The summed E-state index contributed by atoms with van der Waals surface area (Å²) in [5.41, 5.74) is 2.56. The van der Waals surface area contributed by atoms with Gasteiger partial charge < -0.3 is 28.4 Å². The molecule has 0 fully saturated rings. The van der Waals surface area contributed by atoms with Crippen LogP contribution in [0.2, 0.25) is 0 Å². The summed E-state index contributed by atoms with van der Waals surface area (Å²) < 4.78 is 64.2. The molecule has 0 amide bonds. The molecule has 0 radical (unpaired) electrons. The third kappa shape index (κ3) is 9.60. The minimum absolute atomic E-state index is 0.452. The molecule has 0 spiro atoms. The van der Waals surface area contributed by atoms with Gasteiger partial charge in [0, 0.05) is 11.1 Å². The summed E-state index contributed by atoms with van der Waals surface area (Å²) in [6.07, 6.45) is 6.98. The Morgan fingerprint density at radius 2 is 0.857 bits per heavy atom. The van der Waals surface area contributed by atoms with Crippen LogP contribution < -0.4 is 28.4 Å². The van der Waals surface area contributed by atoms with E-state index in [4.69, 9.17) is 28.4 Å². The highest BCUT2D eigenvalue weighted by Gasteiger charge is 2.34. The maximum absolute atomic E-state index is 15.1. The summed E-state index contributed by atoms with van der Waals surface area (Å²) in [7, 11) is -0.890. The van der Waals surface area contributed by atoms with Crippen molar-refractivity contribution >= 4 is 22.0 Å². The van der Waals surface area contributed by atoms with E-state index < -0.39 is 20.3 Å². The minimum atomic E-state index is -4.04. The van der Waals surface area contributed by atoms with E-state index in [-0.39, 0.29) is 0 Å². The Kier molecular flexibility index (Phi) is 13.6. The predicted molar refractivity (Wildman–Crippen MR) is 196 cm³/mol. The van der Waals surface area contributed by atoms with Crippen LogP contribution in [0.5, 0.6) is 34.5 Å². The first-order chi connectivity index (χ1) is 23.8. The number of sulfone groups is 1. The first-order valence-corrected chi connectivity index (χ1v) is 18.0. The van der Waals surface area contributed by atoms with Crippen LogP contribution in [-0.4, -0.2) is 49.1 Å². The molecule has 2 atom stereocenters. The van der Waals surface area contributed by atoms with Crippen LogP contribution in [0.3, 0.4) is 0 Å². The zero-order valence-electron chi connectivity index (χ0n) is 29.0. The summed E-state index contributed by atoms with van der Waals surface area (Å²) in [5, 5.41) is -2.11. The third-order valence-corrected chi connectivity index (χ3v) is 9.96. The van der Waals surface area contributed by atoms with Crippen molar-refractivity contribution in [3.8, 4) is 34.5 Å². The Balaban J connectivity index is 1.90. The Morgan fingerprint density at radius 1 is 0.510 bits per heavy atom. The lowest BCUT2D eigenvalue weighted by Crippen LogP contribution is -2.19. The van der Waals surface area contributed by atoms with Gasteiger partial charge >= 0.3 is 0 Å². The molecule has 0 heterocycles. The van der Waals surface area contributed by atoms with E-state index in [2.05, 4.69) is 0 Å². The average Bonchev–Trinajstić information content (AvgIpc) is 3.11. The third-order valence-electron chi connectivity index (χ3n) is 7.68. The average molecular weight is 687 g/mol. The number of benzene rings is 4. The molecule has 0 aromatic heterocycles. The lowest BCUT2D eigenvalue weighted by molar-refractivity contribution is 0.330. The molecule has 0 aliphatic heterocycles. The van der Waals surface area contributed by atoms with Crippen molar-refractivity contribution in [2.75, 3.05) is 40.6 Å². The van der Waals surface area contributed by atoms with Crippen LogP contribution in [0.4, 0.5) is 0 Å². The first kappa shape index (κ1) is 36.9. The van der Waals surface area contributed by atoms with Crippen molar-refractivity contribution < 1.29 is 36.8 Å². The Hall–Kier alpha value is -4.89. The molecule has 0 saturated heterocycles. The van der Waals surface area contributed by atoms with Crippen LogP contribution in [0.25, 0.3) is 12.2 Å². The van der Waals surface area contributed by atoms with Crippen LogP contribution in [-0.2, 0) is 9.84 Å². The van der Waals surface area contributed by atoms with Crippen molar-refractivity contribution in [2.45, 2.75) is 38.2 Å². The highest BCUT2D eigenvalue weighted by molar-refractivity contribution is 7.92. The zero-order valence-corrected chi connectivity index (χ0v) is 29.9. The quantitative estimate of drug-likeness (QED) is 0.103. The molecular weight excluding hydrogens is 640 g/mol. The van der Waals surface area contributed by atoms with Gasteiger partial charge in [0.2, 0.25) is 0 Å². The normalized spacial score (nSPS) is 12.9. The fourth-order valence-electron chi connectivity index (χ4n) is 5.35. The molecule has 0 aliphatic carbocycles. The van der Waals surface area contributed by atoms with Crippen molar-refractivity contribution in [1.29, 1.82) is 0 Å². The first-order valence-electron chi connectivity index (χ1n) is 16.4. The lowest BCUT2D eigenvalue weighted by atomic mass is 10.1. The maximum Gasteiger partial charge on any atom is 0.171 e. The molecule has 0 aliphatic rings. The van der Waals surface area contributed by atoms with Crippen LogP contribution in [0.15, 0.2) is 97.1 Å². The molecule has 8 nitrogen and oxygen atoms in total. The molecule has 2 unspecified atom stereocenters. The summed E-state index contributed by atoms with van der Waals surface area (Å²) >= 11 is 0. The van der Waals surface area contributed by atoms with E-state index in [1.54, 1.807) is 87.1 Å². The van der Waals surface area contributed by atoms with Gasteiger partial charge in [-0.1, -0.05) is 48.6 Å². The van der Waals surface area contributed by atoms with E-state index in [9.17, 15) is 0 Å². The monoisotopic (exact) mass is 686 g/mol. The standard InChI is InChI=1S/C40H46O8S/c1-7-45-35-21-23-37(47-9-3)31(27-35)15-25-39(29-11-17-33(43-5)18-12-29)49(41,42)40(30-13-19-34(44-6)20-14-30)26-16-32-28-36(46-8-2)22-24-38(32)48-10-4/h11-28,39-40H,7-10H2,1-6H3/b25-15+,26-16+. The molecule has 4 aromatic rings. The van der Waals surface area contributed by atoms with E-state index >= 15 is 8.42 Å². The largest absolute Gasteiger partial charge is 0.497 e. The van der Waals surface area contributed by atoms with Gasteiger partial charge in [0.1, 0.15) is 45.0 Å². The van der Waals surface area contributed by atoms with Crippen molar-refractivity contribution in [1.82, 2.24) is 0 Å². The molecule has 0 bridgehead atoms. The number of hydrogen-bond donors (Lipinski definition) is 0. The fourth-order valence-corrected chi connectivity index (χ4v) is 7.33. The van der Waals surface area contributed by atoms with E-state index in [0.29, 0.717) is 83.2 Å². The Bertz CT molecular complexity index is 1670. The zero-order chi connectivity index (χ0) is 35.2. The molecular formula is C40H46O8S. The highest BCUT2D eigenvalue weighted by Crippen LogP contribution is 2.39. The van der Waals surface area contributed by atoms with Crippen molar-refractivity contribution in [3.63, 3.8) is 0 Å². The summed E-state index contributed by atoms with van der Waals surface area (Å²) in [6.45, 7) is 9.53. The predicted octanol–water partition coefficient (Wildman–Crippen LogP) is 8.92. The number of rotatable bonds is 18. The van der Waals surface area contributed by atoms with Gasteiger partial charge in [0.05, 0.1) is 40.6 Å². The van der Waals surface area contributed by atoms with Crippen molar-refractivity contribution in [3.05, 3.63) is 119 Å². The molecule has 260 valence electrons. The van der Waals surface area contributed by atoms with Gasteiger partial charge in [0.15, 0.2) is 9.84 Å². The smallest absolute Gasteiger partial charge is 0.171 e. The number of hydrogen-bond acceptors (Lipinski definition) is 8. The van der Waals surface area contributed by atoms with Gasteiger partial charge in [-0.2, -0.15) is 0 Å². The molecule has 4 aromatic carbocycles.